The quantitative estimate of drug-likeness (QED) is 0.247. The SMILES string of the molecule is C=C[C@]1(C)C[C@@H](OC(=O)Cn2cc(COCCn3cc(C)c(=O)[nH]c3=O)nn2)[C@]2(C)[C@H](C)CC[C@]3(CCC(=O)[C@H]32)[C@@H](C)[C@@H]1O. The minimum Gasteiger partial charge on any atom is -0.460 e. The molecule has 8 atom stereocenters. The van der Waals surface area contributed by atoms with Gasteiger partial charge in [0.05, 0.1) is 32.1 Å². The molecule has 0 unspecified atom stereocenters. The third-order valence-corrected chi connectivity index (χ3v) is 11.4. The van der Waals surface area contributed by atoms with Crippen molar-refractivity contribution in [2.75, 3.05) is 6.61 Å². The number of ether oxygens (including phenoxy) is 2. The van der Waals surface area contributed by atoms with Crippen molar-refractivity contribution in [2.45, 2.75) is 98.6 Å². The van der Waals surface area contributed by atoms with E-state index in [4.69, 9.17) is 9.47 Å². The van der Waals surface area contributed by atoms with Crippen LogP contribution in [0, 0.1) is 40.9 Å². The zero-order valence-corrected chi connectivity index (χ0v) is 26.4. The molecule has 0 aromatic carbocycles. The molecule has 2 heterocycles. The predicted molar refractivity (Wildman–Crippen MR) is 160 cm³/mol. The number of carbonyl (C=O) groups excluding carboxylic acids is 2. The first-order chi connectivity index (χ1) is 20.7. The average Bonchev–Trinajstić information content (AvgIpc) is 3.58. The van der Waals surface area contributed by atoms with Gasteiger partial charge in [-0.05, 0) is 49.9 Å². The van der Waals surface area contributed by atoms with Crippen LogP contribution >= 0.6 is 0 Å². The van der Waals surface area contributed by atoms with Crippen LogP contribution in [0.5, 0.6) is 0 Å². The van der Waals surface area contributed by atoms with Crippen molar-refractivity contribution in [1.82, 2.24) is 24.5 Å². The normalized spacial score (nSPS) is 35.0. The first kappa shape index (κ1) is 32.0. The van der Waals surface area contributed by atoms with Gasteiger partial charge in [-0.25, -0.2) is 9.48 Å². The van der Waals surface area contributed by atoms with Gasteiger partial charge in [0.15, 0.2) is 0 Å². The van der Waals surface area contributed by atoms with E-state index in [-0.39, 0.29) is 55.3 Å². The summed E-state index contributed by atoms with van der Waals surface area (Å²) in [6, 6.07) is 0. The number of aromatic amines is 1. The van der Waals surface area contributed by atoms with Crippen LogP contribution in [0.2, 0.25) is 0 Å². The lowest BCUT2D eigenvalue weighted by Crippen LogP contribution is -2.63. The van der Waals surface area contributed by atoms with Crippen molar-refractivity contribution < 1.29 is 24.2 Å². The zero-order chi connectivity index (χ0) is 32.0. The van der Waals surface area contributed by atoms with E-state index in [2.05, 4.69) is 42.6 Å². The van der Waals surface area contributed by atoms with E-state index in [0.29, 0.717) is 24.1 Å². The number of hydrogen-bond donors (Lipinski definition) is 2. The van der Waals surface area contributed by atoms with Crippen LogP contribution in [-0.2, 0) is 38.8 Å². The number of ketones is 1. The molecule has 2 aromatic rings. The summed E-state index contributed by atoms with van der Waals surface area (Å²) in [4.78, 5) is 52.8. The van der Waals surface area contributed by atoms with E-state index in [1.165, 1.54) is 15.4 Å². The molecule has 44 heavy (non-hydrogen) atoms. The maximum absolute atomic E-state index is 13.6. The Balaban J connectivity index is 1.28. The van der Waals surface area contributed by atoms with Gasteiger partial charge in [-0.1, -0.05) is 39.0 Å². The molecule has 3 aliphatic carbocycles. The summed E-state index contributed by atoms with van der Waals surface area (Å²) in [7, 11) is 0. The summed E-state index contributed by atoms with van der Waals surface area (Å²) in [5.41, 5.74) is -1.62. The van der Waals surface area contributed by atoms with Crippen molar-refractivity contribution in [2.24, 2.45) is 34.0 Å². The predicted octanol–water partition coefficient (Wildman–Crippen LogP) is 2.56. The lowest BCUT2D eigenvalue weighted by Gasteiger charge is -2.61. The summed E-state index contributed by atoms with van der Waals surface area (Å²) in [6.07, 6.45) is 6.91. The van der Waals surface area contributed by atoms with E-state index in [1.807, 2.05) is 6.92 Å². The van der Waals surface area contributed by atoms with Crippen LogP contribution in [-0.4, -0.2) is 60.2 Å². The van der Waals surface area contributed by atoms with Crippen LogP contribution in [0.3, 0.4) is 0 Å². The molecule has 0 saturated heterocycles. The first-order valence-electron chi connectivity index (χ1n) is 15.6. The van der Waals surface area contributed by atoms with Gasteiger partial charge in [-0.3, -0.25) is 23.9 Å². The maximum Gasteiger partial charge on any atom is 0.328 e. The van der Waals surface area contributed by atoms with E-state index < -0.39 is 40.3 Å². The van der Waals surface area contributed by atoms with Gasteiger partial charge in [-0.2, -0.15) is 0 Å². The highest BCUT2D eigenvalue weighted by molar-refractivity contribution is 5.85. The average molecular weight is 612 g/mol. The van der Waals surface area contributed by atoms with E-state index >= 15 is 0 Å². The van der Waals surface area contributed by atoms with Gasteiger partial charge in [0.25, 0.3) is 5.56 Å². The molecular formula is C32H45N5O7. The number of Topliss-reactive ketones (excluding diaryl/α,β-unsaturated/α-hetero) is 1. The molecule has 2 aromatic heterocycles. The second-order valence-electron chi connectivity index (χ2n) is 13.8. The van der Waals surface area contributed by atoms with Crippen LogP contribution in [0.4, 0.5) is 0 Å². The standard InChI is InChI=1S/C32H45N5O7/c1-7-30(5)14-24(31(6)20(3)8-10-32(21(4)27(30)40)11-9-23(38)26(31)32)44-25(39)17-37-16-22(34-35-37)18-43-13-12-36-15-19(2)28(41)33-29(36)42/h7,15-16,20-21,24,26-27,40H,1,8-14,17-18H2,2-6H3,(H,33,41,42)/t20-,21+,24-,26+,27+,30-,31+,32+/m1/s1. The molecule has 2 bridgehead atoms. The molecule has 12 heteroatoms. The van der Waals surface area contributed by atoms with Gasteiger partial charge in [0.1, 0.15) is 24.1 Å². The minimum absolute atomic E-state index is 0.0944. The summed E-state index contributed by atoms with van der Waals surface area (Å²) in [5.74, 6) is -0.528. The van der Waals surface area contributed by atoms with Gasteiger partial charge in [-0.15, -0.1) is 11.7 Å². The third kappa shape index (κ3) is 5.40. The number of aryl methyl sites for hydroxylation is 1. The summed E-state index contributed by atoms with van der Waals surface area (Å²) in [5, 5.41) is 19.8. The number of esters is 1. The molecule has 3 fully saturated rings. The van der Waals surface area contributed by atoms with Crippen LogP contribution in [0.15, 0.2) is 34.6 Å². The number of nitrogens with one attached hydrogen (secondary N) is 1. The second-order valence-corrected chi connectivity index (χ2v) is 13.8. The Labute approximate surface area is 256 Å². The Morgan fingerprint density at radius 2 is 1.98 bits per heavy atom. The highest BCUT2D eigenvalue weighted by Gasteiger charge is 2.68. The number of aliphatic hydroxyl groups excluding tert-OH is 1. The summed E-state index contributed by atoms with van der Waals surface area (Å²) < 4.78 is 14.7. The minimum atomic E-state index is -0.725. The molecule has 12 nitrogen and oxygen atoms in total. The molecule has 5 rings (SSSR count). The van der Waals surface area contributed by atoms with Crippen LogP contribution in [0.25, 0.3) is 0 Å². The highest BCUT2D eigenvalue weighted by Crippen LogP contribution is 2.68. The molecular weight excluding hydrogens is 566 g/mol. The summed E-state index contributed by atoms with van der Waals surface area (Å²) >= 11 is 0. The third-order valence-electron chi connectivity index (χ3n) is 11.4. The molecule has 0 aliphatic heterocycles. The largest absolute Gasteiger partial charge is 0.460 e. The zero-order valence-electron chi connectivity index (χ0n) is 26.4. The van der Waals surface area contributed by atoms with E-state index in [9.17, 15) is 24.3 Å². The maximum atomic E-state index is 13.6. The molecule has 0 spiro atoms. The molecule has 0 radical (unpaired) electrons. The Bertz CT molecular complexity index is 1550. The Morgan fingerprint density at radius 1 is 1.23 bits per heavy atom. The lowest BCUT2D eigenvalue weighted by atomic mass is 9.44. The number of aliphatic hydroxyl groups is 1. The second kappa shape index (κ2) is 11.8. The van der Waals surface area contributed by atoms with Crippen molar-refractivity contribution in [3.8, 4) is 0 Å². The summed E-state index contributed by atoms with van der Waals surface area (Å²) in [6.45, 7) is 14.4. The van der Waals surface area contributed by atoms with E-state index in [0.717, 1.165) is 19.3 Å². The van der Waals surface area contributed by atoms with Crippen molar-refractivity contribution >= 4 is 11.8 Å². The molecule has 0 amide bonds. The fourth-order valence-corrected chi connectivity index (χ4v) is 8.44. The molecule has 3 aliphatic rings. The molecule has 240 valence electrons. The number of H-pyrrole nitrogens is 1. The monoisotopic (exact) mass is 611 g/mol. The molecule has 2 N–H and O–H groups in total. The lowest BCUT2D eigenvalue weighted by molar-refractivity contribution is -0.207. The number of rotatable bonds is 9. The van der Waals surface area contributed by atoms with Crippen LogP contribution < -0.4 is 11.2 Å². The number of hydrogen-bond acceptors (Lipinski definition) is 9. The Hall–Kier alpha value is -3.38. The first-order valence-corrected chi connectivity index (χ1v) is 15.6. The van der Waals surface area contributed by atoms with Crippen molar-refractivity contribution in [3.63, 3.8) is 0 Å². The number of aromatic nitrogens is 5. The van der Waals surface area contributed by atoms with E-state index in [1.54, 1.807) is 19.2 Å². The fraction of sp³-hybridized carbons (Fsp3) is 0.688. The molecule has 3 saturated carbocycles. The highest BCUT2D eigenvalue weighted by atomic mass is 16.5. The fourth-order valence-electron chi connectivity index (χ4n) is 8.44. The van der Waals surface area contributed by atoms with Crippen molar-refractivity contribution in [1.29, 1.82) is 0 Å². The van der Waals surface area contributed by atoms with Gasteiger partial charge < -0.3 is 14.6 Å². The number of carbonyl (C=O) groups is 2. The topological polar surface area (TPSA) is 158 Å². The van der Waals surface area contributed by atoms with Gasteiger partial charge in [0, 0.05) is 34.9 Å². The van der Waals surface area contributed by atoms with Gasteiger partial charge in [0.2, 0.25) is 0 Å². The van der Waals surface area contributed by atoms with Crippen molar-refractivity contribution in [3.05, 3.63) is 57.1 Å². The van der Waals surface area contributed by atoms with Gasteiger partial charge >= 0.3 is 11.7 Å². The van der Waals surface area contributed by atoms with Crippen LogP contribution in [0.1, 0.15) is 71.1 Å². The Kier molecular flexibility index (Phi) is 8.62. The number of nitrogens with zero attached hydrogens (tertiary/aromatic N) is 4. The Morgan fingerprint density at radius 3 is 2.70 bits per heavy atom. The smallest absolute Gasteiger partial charge is 0.328 e.